The maximum absolute atomic E-state index is 5.34. The van der Waals surface area contributed by atoms with Crippen molar-refractivity contribution in [1.29, 1.82) is 0 Å². The summed E-state index contributed by atoms with van der Waals surface area (Å²) in [4.78, 5) is 9.12. The predicted octanol–water partition coefficient (Wildman–Crippen LogP) is 3.06. The molecule has 0 saturated heterocycles. The SMILES string of the molecule is COc1ccc(CNc2n[nH]c(-c3c(C)nc4ccccn34)n2)cc1OC. The van der Waals surface area contributed by atoms with Crippen LogP contribution >= 0.6 is 0 Å². The van der Waals surface area contributed by atoms with Crippen molar-refractivity contribution in [3.8, 4) is 23.0 Å². The fourth-order valence-electron chi connectivity index (χ4n) is 3.02. The molecule has 0 spiro atoms. The highest BCUT2D eigenvalue weighted by atomic mass is 16.5. The van der Waals surface area contributed by atoms with Crippen LogP contribution < -0.4 is 14.8 Å². The maximum atomic E-state index is 5.34. The Bertz CT molecular complexity index is 1080. The van der Waals surface area contributed by atoms with E-state index in [0.717, 1.165) is 22.6 Å². The molecular weight excluding hydrogens is 344 g/mol. The summed E-state index contributed by atoms with van der Waals surface area (Å²) in [6, 6.07) is 11.7. The van der Waals surface area contributed by atoms with Gasteiger partial charge in [0.2, 0.25) is 5.95 Å². The number of imidazole rings is 1. The van der Waals surface area contributed by atoms with E-state index in [-0.39, 0.29) is 0 Å². The summed E-state index contributed by atoms with van der Waals surface area (Å²) < 4.78 is 12.6. The number of nitrogens with one attached hydrogen (secondary N) is 2. The van der Waals surface area contributed by atoms with E-state index in [9.17, 15) is 0 Å². The highest BCUT2D eigenvalue weighted by molar-refractivity contribution is 5.61. The summed E-state index contributed by atoms with van der Waals surface area (Å²) in [6.07, 6.45) is 1.96. The first-order valence-electron chi connectivity index (χ1n) is 8.51. The number of rotatable bonds is 6. The molecule has 2 N–H and O–H groups in total. The molecule has 0 amide bonds. The van der Waals surface area contributed by atoms with Crippen LogP contribution in [0.3, 0.4) is 0 Å². The number of pyridine rings is 1. The quantitative estimate of drug-likeness (QED) is 0.547. The summed E-state index contributed by atoms with van der Waals surface area (Å²) >= 11 is 0. The number of methoxy groups -OCH3 is 2. The minimum Gasteiger partial charge on any atom is -0.493 e. The largest absolute Gasteiger partial charge is 0.493 e. The summed E-state index contributed by atoms with van der Waals surface area (Å²) in [7, 11) is 3.24. The molecule has 27 heavy (non-hydrogen) atoms. The van der Waals surface area contributed by atoms with Gasteiger partial charge in [0.05, 0.1) is 19.9 Å². The van der Waals surface area contributed by atoms with E-state index in [4.69, 9.17) is 9.47 Å². The summed E-state index contributed by atoms with van der Waals surface area (Å²) in [6.45, 7) is 2.52. The third-order valence-corrected chi connectivity index (χ3v) is 4.31. The Hall–Kier alpha value is -3.55. The van der Waals surface area contributed by atoms with Crippen LogP contribution in [0.15, 0.2) is 42.6 Å². The van der Waals surface area contributed by atoms with Crippen LogP contribution in [0.25, 0.3) is 17.2 Å². The van der Waals surface area contributed by atoms with Gasteiger partial charge in [0.1, 0.15) is 11.3 Å². The van der Waals surface area contributed by atoms with Crippen molar-refractivity contribution in [1.82, 2.24) is 24.6 Å². The second-order valence-electron chi connectivity index (χ2n) is 6.03. The third kappa shape index (κ3) is 3.17. The third-order valence-electron chi connectivity index (χ3n) is 4.31. The van der Waals surface area contributed by atoms with Crippen LogP contribution in [0.1, 0.15) is 11.3 Å². The Labute approximate surface area is 156 Å². The maximum Gasteiger partial charge on any atom is 0.242 e. The van der Waals surface area contributed by atoms with Crippen LogP contribution in [0.2, 0.25) is 0 Å². The van der Waals surface area contributed by atoms with Gasteiger partial charge in [-0.1, -0.05) is 12.1 Å². The van der Waals surface area contributed by atoms with Crippen molar-refractivity contribution in [3.05, 3.63) is 53.9 Å². The molecular formula is C19H20N6O2. The van der Waals surface area contributed by atoms with E-state index >= 15 is 0 Å². The first-order chi connectivity index (χ1) is 13.2. The Morgan fingerprint density at radius 3 is 2.74 bits per heavy atom. The standard InChI is InChI=1S/C19H20N6O2/c1-12-17(25-9-5-4-6-16(25)21-12)18-22-19(24-23-18)20-11-13-7-8-14(26-2)15(10-13)27-3/h4-10H,11H2,1-3H3,(H2,20,22,23,24). The number of benzene rings is 1. The second kappa shape index (κ2) is 6.99. The Morgan fingerprint density at radius 2 is 1.93 bits per heavy atom. The highest BCUT2D eigenvalue weighted by Crippen LogP contribution is 2.28. The molecule has 4 aromatic rings. The number of hydrogen-bond donors (Lipinski definition) is 2. The van der Waals surface area contributed by atoms with E-state index < -0.39 is 0 Å². The lowest BCUT2D eigenvalue weighted by atomic mass is 10.2. The average molecular weight is 364 g/mol. The summed E-state index contributed by atoms with van der Waals surface area (Å²) in [5, 5.41) is 10.5. The molecule has 0 bridgehead atoms. The zero-order chi connectivity index (χ0) is 18.8. The molecule has 3 aromatic heterocycles. The minimum atomic E-state index is 0.519. The molecule has 0 aliphatic rings. The van der Waals surface area contributed by atoms with Crippen molar-refractivity contribution < 1.29 is 9.47 Å². The van der Waals surface area contributed by atoms with Crippen LogP contribution in [0, 0.1) is 6.92 Å². The van der Waals surface area contributed by atoms with Gasteiger partial charge in [-0.05, 0) is 36.8 Å². The lowest BCUT2D eigenvalue weighted by Gasteiger charge is -2.09. The lowest BCUT2D eigenvalue weighted by Crippen LogP contribution is -2.02. The number of fused-ring (bicyclic) bond motifs is 1. The van der Waals surface area contributed by atoms with Crippen LogP contribution in [-0.4, -0.2) is 38.8 Å². The molecule has 0 saturated carbocycles. The van der Waals surface area contributed by atoms with Gasteiger partial charge in [0.25, 0.3) is 0 Å². The van der Waals surface area contributed by atoms with Crippen LogP contribution in [0.4, 0.5) is 5.95 Å². The van der Waals surface area contributed by atoms with Crippen LogP contribution in [0.5, 0.6) is 11.5 Å². The molecule has 8 heteroatoms. The van der Waals surface area contributed by atoms with Gasteiger partial charge >= 0.3 is 0 Å². The van der Waals surface area contributed by atoms with Gasteiger partial charge in [-0.25, -0.2) is 4.98 Å². The Balaban J connectivity index is 1.54. The van der Waals surface area contributed by atoms with Gasteiger partial charge in [-0.15, -0.1) is 5.10 Å². The van der Waals surface area contributed by atoms with Gasteiger partial charge in [0, 0.05) is 12.7 Å². The number of aromatic amines is 1. The van der Waals surface area contributed by atoms with Crippen molar-refractivity contribution in [3.63, 3.8) is 0 Å². The van der Waals surface area contributed by atoms with Gasteiger partial charge in [-0.2, -0.15) is 4.98 Å². The predicted molar refractivity (Wildman–Crippen MR) is 102 cm³/mol. The summed E-state index contributed by atoms with van der Waals surface area (Å²) in [5.74, 6) is 2.57. The Kier molecular flexibility index (Phi) is 4.37. The molecule has 0 aliphatic carbocycles. The number of aryl methyl sites for hydroxylation is 1. The van der Waals surface area contributed by atoms with E-state index in [2.05, 4.69) is 25.5 Å². The number of anilines is 1. The number of nitrogens with zero attached hydrogens (tertiary/aromatic N) is 4. The van der Waals surface area contributed by atoms with Crippen LogP contribution in [-0.2, 0) is 6.54 Å². The zero-order valence-electron chi connectivity index (χ0n) is 15.4. The smallest absolute Gasteiger partial charge is 0.242 e. The second-order valence-corrected chi connectivity index (χ2v) is 6.03. The molecule has 138 valence electrons. The normalized spacial score (nSPS) is 10.9. The topological polar surface area (TPSA) is 89.4 Å². The van der Waals surface area contributed by atoms with Gasteiger partial charge in [0.15, 0.2) is 17.3 Å². The van der Waals surface area contributed by atoms with Crippen molar-refractivity contribution >= 4 is 11.6 Å². The highest BCUT2D eigenvalue weighted by Gasteiger charge is 2.14. The molecule has 0 unspecified atom stereocenters. The molecule has 0 atom stereocenters. The zero-order valence-corrected chi connectivity index (χ0v) is 15.4. The van der Waals surface area contributed by atoms with E-state index in [1.807, 2.05) is 53.9 Å². The van der Waals surface area contributed by atoms with E-state index in [1.54, 1.807) is 14.2 Å². The molecule has 3 heterocycles. The number of hydrogen-bond acceptors (Lipinski definition) is 6. The fraction of sp³-hybridized carbons (Fsp3) is 0.211. The molecule has 4 rings (SSSR count). The van der Waals surface area contributed by atoms with Crippen molar-refractivity contribution in [2.75, 3.05) is 19.5 Å². The van der Waals surface area contributed by atoms with Crippen molar-refractivity contribution in [2.45, 2.75) is 13.5 Å². The summed E-state index contributed by atoms with van der Waals surface area (Å²) in [5.41, 5.74) is 3.70. The molecule has 0 radical (unpaired) electrons. The first-order valence-corrected chi connectivity index (χ1v) is 8.51. The monoisotopic (exact) mass is 364 g/mol. The lowest BCUT2D eigenvalue weighted by molar-refractivity contribution is 0.354. The van der Waals surface area contributed by atoms with Gasteiger partial charge in [-0.3, -0.25) is 9.50 Å². The molecule has 0 fully saturated rings. The molecule has 0 aliphatic heterocycles. The Morgan fingerprint density at radius 1 is 1.07 bits per heavy atom. The minimum absolute atomic E-state index is 0.519. The number of H-pyrrole nitrogens is 1. The number of ether oxygens (including phenoxy) is 2. The van der Waals surface area contributed by atoms with Crippen molar-refractivity contribution in [2.24, 2.45) is 0 Å². The number of aromatic nitrogens is 5. The fourth-order valence-corrected chi connectivity index (χ4v) is 3.02. The first kappa shape index (κ1) is 16.9. The van der Waals surface area contributed by atoms with E-state index in [1.165, 1.54) is 0 Å². The van der Waals surface area contributed by atoms with Gasteiger partial charge < -0.3 is 14.8 Å². The molecule has 1 aromatic carbocycles. The average Bonchev–Trinajstić information content (AvgIpc) is 3.28. The molecule has 8 nitrogen and oxygen atoms in total. The van der Waals surface area contributed by atoms with E-state index in [0.29, 0.717) is 29.8 Å².